The number of aryl methyl sites for hydroxylation is 1. The predicted molar refractivity (Wildman–Crippen MR) is 73.6 cm³/mol. The molecule has 19 heavy (non-hydrogen) atoms. The minimum Gasteiger partial charge on any atom is -0.383 e. The minimum absolute atomic E-state index is 0.0867. The van der Waals surface area contributed by atoms with Crippen LogP contribution in [0.1, 0.15) is 10.5 Å². The highest BCUT2D eigenvalue weighted by molar-refractivity contribution is 9.09. The van der Waals surface area contributed by atoms with Crippen LogP contribution >= 0.6 is 15.9 Å². The van der Waals surface area contributed by atoms with E-state index in [4.69, 9.17) is 4.74 Å². The number of methoxy groups -OCH3 is 1. The number of nitrogens with zero attached hydrogens (tertiary/aromatic N) is 3. The molecule has 106 valence electrons. The van der Waals surface area contributed by atoms with Crippen LogP contribution in [0.15, 0.2) is 12.3 Å². The van der Waals surface area contributed by atoms with Crippen molar-refractivity contribution in [3.05, 3.63) is 28.1 Å². The summed E-state index contributed by atoms with van der Waals surface area (Å²) >= 11 is 3.28. The summed E-state index contributed by atoms with van der Waals surface area (Å²) in [6.07, 6.45) is 1.33. The second-order valence-corrected chi connectivity index (χ2v) is 4.72. The Bertz CT molecular complexity index is 461. The van der Waals surface area contributed by atoms with Gasteiger partial charge in [-0.1, -0.05) is 15.9 Å². The molecule has 0 aliphatic heterocycles. The molecular formula is C11H16BrN3O4. The Kier molecular flexibility index (Phi) is 5.97. The molecular weight excluding hydrogens is 318 g/mol. The van der Waals surface area contributed by atoms with Gasteiger partial charge in [0.15, 0.2) is 0 Å². The van der Waals surface area contributed by atoms with Gasteiger partial charge in [0, 0.05) is 38.6 Å². The maximum absolute atomic E-state index is 12.3. The van der Waals surface area contributed by atoms with Crippen molar-refractivity contribution in [3.8, 4) is 0 Å². The molecule has 8 heteroatoms. The third-order valence-corrected chi connectivity index (χ3v) is 2.98. The van der Waals surface area contributed by atoms with E-state index < -0.39 is 4.92 Å². The van der Waals surface area contributed by atoms with Crippen molar-refractivity contribution in [1.82, 2.24) is 9.47 Å². The number of carbonyl (C=O) groups is 1. The molecule has 1 heterocycles. The first-order valence-electron chi connectivity index (χ1n) is 5.66. The Morgan fingerprint density at radius 1 is 1.58 bits per heavy atom. The zero-order valence-corrected chi connectivity index (χ0v) is 12.4. The summed E-state index contributed by atoms with van der Waals surface area (Å²) in [6, 6.07) is 1.29. The first-order chi connectivity index (χ1) is 9.01. The quantitative estimate of drug-likeness (QED) is 0.429. The number of hydrogen-bond acceptors (Lipinski definition) is 4. The smallest absolute Gasteiger partial charge is 0.287 e. The van der Waals surface area contributed by atoms with Crippen molar-refractivity contribution in [1.29, 1.82) is 0 Å². The molecule has 0 radical (unpaired) electrons. The van der Waals surface area contributed by atoms with Crippen LogP contribution < -0.4 is 0 Å². The number of carbonyl (C=O) groups excluding carboxylic acids is 1. The van der Waals surface area contributed by atoms with E-state index >= 15 is 0 Å². The molecule has 0 unspecified atom stereocenters. The summed E-state index contributed by atoms with van der Waals surface area (Å²) in [4.78, 5) is 24.1. The zero-order valence-electron chi connectivity index (χ0n) is 10.8. The number of alkyl halides is 1. The molecule has 0 atom stereocenters. The van der Waals surface area contributed by atoms with Gasteiger partial charge in [-0.2, -0.15) is 0 Å². The molecule has 0 aliphatic rings. The van der Waals surface area contributed by atoms with Gasteiger partial charge in [-0.25, -0.2) is 0 Å². The SMILES string of the molecule is COCCN(CCBr)C(=O)c1cc([N+](=O)[O-])cn1C. The second-order valence-electron chi connectivity index (χ2n) is 3.93. The third kappa shape index (κ3) is 4.03. The van der Waals surface area contributed by atoms with Gasteiger partial charge in [-0.3, -0.25) is 14.9 Å². The van der Waals surface area contributed by atoms with E-state index in [1.54, 1.807) is 19.1 Å². The number of aromatic nitrogens is 1. The van der Waals surface area contributed by atoms with Crippen LogP contribution in [0.2, 0.25) is 0 Å². The molecule has 1 rings (SSSR count). The molecule has 7 nitrogen and oxygen atoms in total. The monoisotopic (exact) mass is 333 g/mol. The Labute approximate surface area is 119 Å². The lowest BCUT2D eigenvalue weighted by atomic mass is 10.3. The molecule has 1 aromatic heterocycles. The van der Waals surface area contributed by atoms with Crippen LogP contribution in [-0.2, 0) is 11.8 Å². The molecule has 0 spiro atoms. The fourth-order valence-corrected chi connectivity index (χ4v) is 2.07. The number of ether oxygens (including phenoxy) is 1. The first-order valence-corrected chi connectivity index (χ1v) is 6.78. The molecule has 1 amide bonds. The number of halogens is 1. The van der Waals surface area contributed by atoms with Crippen molar-refractivity contribution < 1.29 is 14.5 Å². The molecule has 0 bridgehead atoms. The maximum atomic E-state index is 12.3. The van der Waals surface area contributed by atoms with E-state index in [2.05, 4.69) is 15.9 Å². The Morgan fingerprint density at radius 3 is 2.74 bits per heavy atom. The third-order valence-electron chi connectivity index (χ3n) is 2.63. The molecule has 0 aromatic carbocycles. The van der Waals surface area contributed by atoms with Gasteiger partial charge in [0.1, 0.15) is 5.69 Å². The van der Waals surface area contributed by atoms with Crippen molar-refractivity contribution in [2.24, 2.45) is 7.05 Å². The summed E-state index contributed by atoms with van der Waals surface area (Å²) < 4.78 is 6.42. The lowest BCUT2D eigenvalue weighted by molar-refractivity contribution is -0.384. The number of amides is 1. The van der Waals surface area contributed by atoms with E-state index in [0.29, 0.717) is 30.7 Å². The lowest BCUT2D eigenvalue weighted by Crippen LogP contribution is -2.36. The van der Waals surface area contributed by atoms with Crippen LogP contribution in [0, 0.1) is 10.1 Å². The molecule has 0 N–H and O–H groups in total. The van der Waals surface area contributed by atoms with Crippen LogP contribution in [0.4, 0.5) is 5.69 Å². The van der Waals surface area contributed by atoms with Crippen molar-refractivity contribution in [2.45, 2.75) is 0 Å². The predicted octanol–water partition coefficient (Wildman–Crippen LogP) is 1.42. The average Bonchev–Trinajstić information content (AvgIpc) is 2.76. The summed E-state index contributed by atoms with van der Waals surface area (Å²) in [5.41, 5.74) is 0.208. The topological polar surface area (TPSA) is 77.6 Å². The molecule has 0 fully saturated rings. The van der Waals surface area contributed by atoms with E-state index in [0.717, 1.165) is 0 Å². The molecule has 0 saturated carbocycles. The normalized spacial score (nSPS) is 10.5. The number of nitro groups is 1. The highest BCUT2D eigenvalue weighted by Gasteiger charge is 2.22. The lowest BCUT2D eigenvalue weighted by Gasteiger charge is -2.21. The largest absolute Gasteiger partial charge is 0.383 e. The Morgan fingerprint density at radius 2 is 2.26 bits per heavy atom. The fourth-order valence-electron chi connectivity index (χ4n) is 1.64. The fraction of sp³-hybridized carbons (Fsp3) is 0.545. The van der Waals surface area contributed by atoms with Gasteiger partial charge >= 0.3 is 0 Å². The number of hydrogen-bond donors (Lipinski definition) is 0. The van der Waals surface area contributed by atoms with Crippen LogP contribution in [0.3, 0.4) is 0 Å². The maximum Gasteiger partial charge on any atom is 0.287 e. The first kappa shape index (κ1) is 15.6. The van der Waals surface area contributed by atoms with Gasteiger partial charge < -0.3 is 14.2 Å². The van der Waals surface area contributed by atoms with E-state index in [-0.39, 0.29) is 11.6 Å². The highest BCUT2D eigenvalue weighted by Crippen LogP contribution is 2.17. The summed E-state index contributed by atoms with van der Waals surface area (Å²) in [6.45, 7) is 1.38. The minimum atomic E-state index is -0.513. The van der Waals surface area contributed by atoms with Crippen LogP contribution in [0.5, 0.6) is 0 Å². The van der Waals surface area contributed by atoms with E-state index in [1.165, 1.54) is 16.8 Å². The summed E-state index contributed by atoms with van der Waals surface area (Å²) in [7, 11) is 3.17. The number of rotatable bonds is 7. The highest BCUT2D eigenvalue weighted by atomic mass is 79.9. The van der Waals surface area contributed by atoms with Crippen LogP contribution in [0.25, 0.3) is 0 Å². The van der Waals surface area contributed by atoms with E-state index in [1.807, 2.05) is 0 Å². The average molecular weight is 334 g/mol. The summed E-state index contributed by atoms with van der Waals surface area (Å²) in [5, 5.41) is 11.3. The zero-order chi connectivity index (χ0) is 14.4. The molecule has 1 aromatic rings. The van der Waals surface area contributed by atoms with Gasteiger partial charge in [-0.15, -0.1) is 0 Å². The Balaban J connectivity index is 2.92. The van der Waals surface area contributed by atoms with E-state index in [9.17, 15) is 14.9 Å². The van der Waals surface area contributed by atoms with Crippen LogP contribution in [-0.4, -0.2) is 52.4 Å². The second kappa shape index (κ2) is 7.25. The van der Waals surface area contributed by atoms with Gasteiger partial charge in [-0.05, 0) is 0 Å². The van der Waals surface area contributed by atoms with Crippen molar-refractivity contribution in [2.75, 3.05) is 32.1 Å². The van der Waals surface area contributed by atoms with Gasteiger partial charge in [0.2, 0.25) is 0 Å². The van der Waals surface area contributed by atoms with Gasteiger partial charge in [0.25, 0.3) is 11.6 Å². The van der Waals surface area contributed by atoms with Crippen molar-refractivity contribution >= 4 is 27.5 Å². The Hall–Kier alpha value is -1.41. The summed E-state index contributed by atoms with van der Waals surface area (Å²) in [5.74, 6) is -0.243. The van der Waals surface area contributed by atoms with Crippen molar-refractivity contribution in [3.63, 3.8) is 0 Å². The standard InChI is InChI=1S/C11H16BrN3O4/c1-13-8-9(15(17)18)7-10(13)11(16)14(4-3-12)5-6-19-2/h7-8H,3-6H2,1-2H3. The van der Waals surface area contributed by atoms with Gasteiger partial charge in [0.05, 0.1) is 17.7 Å². The molecule has 0 saturated heterocycles. The molecule has 0 aliphatic carbocycles.